The Hall–Kier alpha value is -0.700. The Morgan fingerprint density at radius 1 is 1.43 bits per heavy atom. The summed E-state index contributed by atoms with van der Waals surface area (Å²) >= 11 is 1.76. The molecule has 2 nitrogen and oxygen atoms in total. The predicted octanol–water partition coefficient (Wildman–Crippen LogP) is 3.25. The minimum atomic E-state index is 0.812. The lowest BCUT2D eigenvalue weighted by Crippen LogP contribution is -1.93. The second-order valence-corrected chi connectivity index (χ2v) is 4.55. The van der Waals surface area contributed by atoms with Crippen molar-refractivity contribution in [2.75, 3.05) is 11.5 Å². The first-order chi connectivity index (χ1) is 6.74. The average Bonchev–Trinajstić information content (AvgIpc) is 2.15. The van der Waals surface area contributed by atoms with E-state index in [1.165, 1.54) is 19.3 Å². The maximum absolute atomic E-state index is 5.85. The van der Waals surface area contributed by atoms with E-state index in [1.54, 1.807) is 11.8 Å². The number of aromatic nitrogens is 1. The van der Waals surface area contributed by atoms with Crippen molar-refractivity contribution >= 4 is 17.4 Å². The lowest BCUT2D eigenvalue weighted by atomic mass is 10.3. The van der Waals surface area contributed by atoms with E-state index < -0.39 is 0 Å². The van der Waals surface area contributed by atoms with E-state index in [0.717, 1.165) is 22.0 Å². The Labute approximate surface area is 90.3 Å². The number of unbranched alkanes of at least 4 members (excludes halogenated alkanes) is 2. The van der Waals surface area contributed by atoms with Gasteiger partial charge in [-0.05, 0) is 30.7 Å². The molecule has 0 unspecified atom stereocenters. The molecule has 0 aliphatic heterocycles. The number of thioether (sulfide) groups is 1. The summed E-state index contributed by atoms with van der Waals surface area (Å²) < 4.78 is 0. The molecule has 14 heavy (non-hydrogen) atoms. The first-order valence-corrected chi connectivity index (χ1v) is 6.07. The maximum Gasteiger partial charge on any atom is 0.119 e. The second-order valence-electron chi connectivity index (χ2n) is 3.46. The summed E-state index contributed by atoms with van der Waals surface area (Å²) in [7, 11) is 0. The highest BCUT2D eigenvalue weighted by atomic mass is 32.2. The number of hydrogen-bond donors (Lipinski definition) is 1. The number of rotatable bonds is 5. The van der Waals surface area contributed by atoms with Crippen molar-refractivity contribution in [3.8, 4) is 0 Å². The van der Waals surface area contributed by atoms with Gasteiger partial charge in [-0.25, -0.2) is 4.98 Å². The SMILES string of the molecule is CCCCCSc1ncc(C)cc1N. The highest BCUT2D eigenvalue weighted by Crippen LogP contribution is 2.23. The third-order valence-corrected chi connectivity index (χ3v) is 3.11. The van der Waals surface area contributed by atoms with Crippen LogP contribution in [0.25, 0.3) is 0 Å². The van der Waals surface area contributed by atoms with Gasteiger partial charge in [0.05, 0.1) is 5.69 Å². The number of nitrogens with two attached hydrogens (primary N) is 1. The number of nitrogen functional groups attached to an aromatic ring is 1. The third-order valence-electron chi connectivity index (χ3n) is 2.00. The van der Waals surface area contributed by atoms with Crippen LogP contribution >= 0.6 is 11.8 Å². The molecule has 0 amide bonds. The molecule has 0 aromatic carbocycles. The van der Waals surface area contributed by atoms with Crippen molar-refractivity contribution < 1.29 is 0 Å². The number of pyridine rings is 1. The van der Waals surface area contributed by atoms with Crippen LogP contribution in [0.5, 0.6) is 0 Å². The largest absolute Gasteiger partial charge is 0.397 e. The van der Waals surface area contributed by atoms with E-state index in [4.69, 9.17) is 5.73 Å². The van der Waals surface area contributed by atoms with Gasteiger partial charge in [0.15, 0.2) is 0 Å². The molecular formula is C11H18N2S. The minimum absolute atomic E-state index is 0.812. The Morgan fingerprint density at radius 2 is 2.21 bits per heavy atom. The lowest BCUT2D eigenvalue weighted by molar-refractivity contribution is 0.778. The summed E-state index contributed by atoms with van der Waals surface area (Å²) in [5, 5.41) is 0.978. The van der Waals surface area contributed by atoms with E-state index in [-0.39, 0.29) is 0 Å². The topological polar surface area (TPSA) is 38.9 Å². The van der Waals surface area contributed by atoms with Crippen molar-refractivity contribution in [3.63, 3.8) is 0 Å². The molecule has 2 N–H and O–H groups in total. The van der Waals surface area contributed by atoms with Gasteiger partial charge in [-0.1, -0.05) is 19.8 Å². The Bertz CT molecular complexity index is 287. The van der Waals surface area contributed by atoms with Crippen LogP contribution in [0.15, 0.2) is 17.3 Å². The molecule has 0 bridgehead atoms. The summed E-state index contributed by atoms with van der Waals surface area (Å²) in [6.07, 6.45) is 5.67. The first-order valence-electron chi connectivity index (χ1n) is 5.09. The van der Waals surface area contributed by atoms with Gasteiger partial charge in [-0.15, -0.1) is 11.8 Å². The Morgan fingerprint density at radius 3 is 2.86 bits per heavy atom. The van der Waals surface area contributed by atoms with Gasteiger partial charge in [0.25, 0.3) is 0 Å². The van der Waals surface area contributed by atoms with Crippen molar-refractivity contribution in [3.05, 3.63) is 17.8 Å². The predicted molar refractivity (Wildman–Crippen MR) is 63.6 cm³/mol. The highest BCUT2D eigenvalue weighted by molar-refractivity contribution is 7.99. The Kier molecular flexibility index (Phi) is 4.80. The number of aryl methyl sites for hydroxylation is 1. The molecule has 1 aromatic heterocycles. The molecule has 0 saturated heterocycles. The van der Waals surface area contributed by atoms with Crippen LogP contribution in [0.2, 0.25) is 0 Å². The molecule has 1 rings (SSSR count). The van der Waals surface area contributed by atoms with Crippen LogP contribution in [0.1, 0.15) is 31.7 Å². The smallest absolute Gasteiger partial charge is 0.119 e. The third kappa shape index (κ3) is 3.58. The van der Waals surface area contributed by atoms with Gasteiger partial charge in [0.1, 0.15) is 5.03 Å². The fourth-order valence-electron chi connectivity index (χ4n) is 1.22. The van der Waals surface area contributed by atoms with Crippen LogP contribution in [-0.4, -0.2) is 10.7 Å². The number of anilines is 1. The van der Waals surface area contributed by atoms with E-state index in [1.807, 2.05) is 19.2 Å². The molecule has 0 aliphatic rings. The fraction of sp³-hybridized carbons (Fsp3) is 0.545. The van der Waals surface area contributed by atoms with E-state index >= 15 is 0 Å². The minimum Gasteiger partial charge on any atom is -0.397 e. The second kappa shape index (κ2) is 5.91. The molecule has 0 spiro atoms. The van der Waals surface area contributed by atoms with Crippen LogP contribution in [0.4, 0.5) is 5.69 Å². The van der Waals surface area contributed by atoms with Gasteiger partial charge in [0.2, 0.25) is 0 Å². The van der Waals surface area contributed by atoms with Crippen molar-refractivity contribution in [2.24, 2.45) is 0 Å². The average molecular weight is 210 g/mol. The summed E-state index contributed by atoms with van der Waals surface area (Å²) in [6.45, 7) is 4.22. The van der Waals surface area contributed by atoms with Crippen LogP contribution < -0.4 is 5.73 Å². The molecule has 0 fully saturated rings. The molecule has 0 saturated carbocycles. The summed E-state index contributed by atoms with van der Waals surface area (Å²) in [4.78, 5) is 4.31. The highest BCUT2D eigenvalue weighted by Gasteiger charge is 2.00. The zero-order chi connectivity index (χ0) is 10.4. The first kappa shape index (κ1) is 11.4. The van der Waals surface area contributed by atoms with Crippen LogP contribution in [0.3, 0.4) is 0 Å². The molecule has 1 aromatic rings. The van der Waals surface area contributed by atoms with Crippen LogP contribution in [-0.2, 0) is 0 Å². The summed E-state index contributed by atoms with van der Waals surface area (Å²) in [6, 6.07) is 1.98. The monoisotopic (exact) mass is 210 g/mol. The molecule has 0 aliphatic carbocycles. The van der Waals surface area contributed by atoms with E-state index in [2.05, 4.69) is 11.9 Å². The van der Waals surface area contributed by atoms with Gasteiger partial charge >= 0.3 is 0 Å². The quantitative estimate of drug-likeness (QED) is 0.599. The standard InChI is InChI=1S/C11H18N2S/c1-3-4-5-6-14-11-10(12)7-9(2)8-13-11/h7-8H,3-6,12H2,1-2H3. The summed E-state index contributed by atoms with van der Waals surface area (Å²) in [5.41, 5.74) is 7.79. The van der Waals surface area contributed by atoms with Crippen LogP contribution in [0, 0.1) is 6.92 Å². The number of nitrogens with zero attached hydrogens (tertiary/aromatic N) is 1. The van der Waals surface area contributed by atoms with Gasteiger partial charge < -0.3 is 5.73 Å². The van der Waals surface area contributed by atoms with Gasteiger partial charge in [0, 0.05) is 6.20 Å². The Balaban J connectivity index is 2.42. The zero-order valence-corrected chi connectivity index (χ0v) is 9.73. The van der Waals surface area contributed by atoms with Gasteiger partial charge in [-0.2, -0.15) is 0 Å². The molecule has 0 atom stereocenters. The van der Waals surface area contributed by atoms with E-state index in [9.17, 15) is 0 Å². The number of hydrogen-bond acceptors (Lipinski definition) is 3. The van der Waals surface area contributed by atoms with E-state index in [0.29, 0.717) is 0 Å². The molecule has 1 heterocycles. The van der Waals surface area contributed by atoms with Gasteiger partial charge in [-0.3, -0.25) is 0 Å². The molecule has 0 radical (unpaired) electrons. The van der Waals surface area contributed by atoms with Crippen molar-refractivity contribution in [2.45, 2.75) is 38.1 Å². The molecule has 3 heteroatoms. The van der Waals surface area contributed by atoms with Crippen molar-refractivity contribution in [1.29, 1.82) is 0 Å². The zero-order valence-electron chi connectivity index (χ0n) is 8.92. The van der Waals surface area contributed by atoms with Crippen molar-refractivity contribution in [1.82, 2.24) is 4.98 Å². The maximum atomic E-state index is 5.85. The summed E-state index contributed by atoms with van der Waals surface area (Å²) in [5.74, 6) is 1.12. The normalized spacial score (nSPS) is 10.4. The molecule has 78 valence electrons. The molecular weight excluding hydrogens is 192 g/mol. The lowest BCUT2D eigenvalue weighted by Gasteiger charge is -2.04. The fourth-order valence-corrected chi connectivity index (χ4v) is 2.12.